The Morgan fingerprint density at radius 2 is 1.55 bits per heavy atom. The molecule has 5 nitrogen and oxygen atoms in total. The van der Waals surface area contributed by atoms with Gasteiger partial charge in [0.05, 0.1) is 5.71 Å². The van der Waals surface area contributed by atoms with E-state index in [0.717, 1.165) is 24.4 Å². The molecule has 0 saturated carbocycles. The number of hydrogen-bond donors (Lipinski definition) is 2. The first-order valence-electron chi connectivity index (χ1n) is 7.15. The van der Waals surface area contributed by atoms with Gasteiger partial charge in [-0.3, -0.25) is 0 Å². The van der Waals surface area contributed by atoms with E-state index in [-0.39, 0.29) is 5.96 Å². The van der Waals surface area contributed by atoms with Crippen molar-refractivity contribution >= 4 is 17.4 Å². The van der Waals surface area contributed by atoms with E-state index < -0.39 is 0 Å². The van der Waals surface area contributed by atoms with Crippen LogP contribution in [0.15, 0.2) is 34.5 Å². The van der Waals surface area contributed by atoms with E-state index in [0.29, 0.717) is 0 Å². The number of hydrogen-bond acceptors (Lipinski definition) is 3. The van der Waals surface area contributed by atoms with Crippen molar-refractivity contribution in [1.29, 1.82) is 0 Å². The molecule has 1 aromatic carbocycles. The molecule has 0 radical (unpaired) electrons. The lowest BCUT2D eigenvalue weighted by Gasteiger charge is -2.22. The number of nitrogens with zero attached hydrogens (tertiary/aromatic N) is 3. The van der Waals surface area contributed by atoms with Crippen molar-refractivity contribution < 1.29 is 0 Å². The molecule has 0 amide bonds. The normalized spacial score (nSPS) is 16.6. The van der Waals surface area contributed by atoms with Crippen molar-refractivity contribution in [2.24, 2.45) is 21.7 Å². The Kier molecular flexibility index (Phi) is 4.98. The molecular weight excluding hydrogens is 250 g/mol. The summed E-state index contributed by atoms with van der Waals surface area (Å²) in [4.78, 5) is 2.46. The highest BCUT2D eigenvalue weighted by atomic mass is 15.3. The summed E-state index contributed by atoms with van der Waals surface area (Å²) in [6, 6.07) is 8.44. The standard InChI is InChI=1S/C15H23N5/c1-12(18-19-15(16)17)13-6-8-14(9-7-13)20-10-4-2-3-5-11-20/h6-9H,2-5,10-11H2,1H3,(H4,16,17,19)/b18-12-. The lowest BCUT2D eigenvalue weighted by Crippen LogP contribution is -2.23. The zero-order chi connectivity index (χ0) is 14.4. The fourth-order valence-corrected chi connectivity index (χ4v) is 2.43. The largest absolute Gasteiger partial charge is 0.372 e. The maximum Gasteiger partial charge on any atom is 0.211 e. The number of benzene rings is 1. The molecule has 4 N–H and O–H groups in total. The molecule has 1 heterocycles. The smallest absolute Gasteiger partial charge is 0.211 e. The maximum atomic E-state index is 5.27. The zero-order valence-corrected chi connectivity index (χ0v) is 12.0. The first-order chi connectivity index (χ1) is 9.66. The number of anilines is 1. The highest BCUT2D eigenvalue weighted by Gasteiger charge is 2.09. The van der Waals surface area contributed by atoms with E-state index in [1.165, 1.54) is 31.4 Å². The van der Waals surface area contributed by atoms with Crippen LogP contribution in [0.3, 0.4) is 0 Å². The van der Waals surface area contributed by atoms with Crippen LogP contribution in [-0.4, -0.2) is 24.8 Å². The van der Waals surface area contributed by atoms with Crippen LogP contribution in [0.25, 0.3) is 0 Å². The summed E-state index contributed by atoms with van der Waals surface area (Å²) >= 11 is 0. The Bertz CT molecular complexity index is 477. The predicted molar refractivity (Wildman–Crippen MR) is 85.1 cm³/mol. The minimum atomic E-state index is -0.0227. The molecule has 0 bridgehead atoms. The van der Waals surface area contributed by atoms with E-state index in [1.807, 2.05) is 6.92 Å². The average Bonchev–Trinajstić information content (AvgIpc) is 2.74. The predicted octanol–water partition coefficient (Wildman–Crippen LogP) is 2.06. The van der Waals surface area contributed by atoms with Gasteiger partial charge in [-0.05, 0) is 37.5 Å². The second-order valence-corrected chi connectivity index (χ2v) is 5.16. The molecular formula is C15H23N5. The molecule has 20 heavy (non-hydrogen) atoms. The van der Waals surface area contributed by atoms with E-state index in [4.69, 9.17) is 11.5 Å². The molecule has 1 aliphatic heterocycles. The highest BCUT2D eigenvalue weighted by Crippen LogP contribution is 2.20. The van der Waals surface area contributed by atoms with E-state index in [9.17, 15) is 0 Å². The first-order valence-corrected chi connectivity index (χ1v) is 7.15. The van der Waals surface area contributed by atoms with Gasteiger partial charge in [0, 0.05) is 18.8 Å². The number of nitrogens with two attached hydrogens (primary N) is 2. The summed E-state index contributed by atoms with van der Waals surface area (Å²) in [6.45, 7) is 4.20. The van der Waals surface area contributed by atoms with Gasteiger partial charge in [0.2, 0.25) is 5.96 Å². The SMILES string of the molecule is C/C(=N/N=C(N)N)c1ccc(N2CCCCCC2)cc1. The van der Waals surface area contributed by atoms with Crippen molar-refractivity contribution in [3.8, 4) is 0 Å². The maximum absolute atomic E-state index is 5.27. The van der Waals surface area contributed by atoms with Crippen LogP contribution < -0.4 is 16.4 Å². The van der Waals surface area contributed by atoms with Gasteiger partial charge in [-0.15, -0.1) is 5.10 Å². The van der Waals surface area contributed by atoms with Crippen LogP contribution in [0.5, 0.6) is 0 Å². The summed E-state index contributed by atoms with van der Waals surface area (Å²) in [5.74, 6) is -0.0227. The quantitative estimate of drug-likeness (QED) is 0.502. The zero-order valence-electron chi connectivity index (χ0n) is 12.0. The van der Waals surface area contributed by atoms with Gasteiger partial charge in [-0.2, -0.15) is 5.10 Å². The van der Waals surface area contributed by atoms with Gasteiger partial charge in [0.15, 0.2) is 0 Å². The Balaban J connectivity index is 2.09. The summed E-state index contributed by atoms with van der Waals surface area (Å²) in [6.07, 6.45) is 5.26. The fraction of sp³-hybridized carbons (Fsp3) is 0.467. The van der Waals surface area contributed by atoms with Crippen LogP contribution in [0, 0.1) is 0 Å². The second-order valence-electron chi connectivity index (χ2n) is 5.16. The molecule has 0 spiro atoms. The Morgan fingerprint density at radius 3 is 2.10 bits per heavy atom. The monoisotopic (exact) mass is 273 g/mol. The van der Waals surface area contributed by atoms with E-state index in [1.54, 1.807) is 0 Å². The molecule has 108 valence electrons. The Hall–Kier alpha value is -2.04. The van der Waals surface area contributed by atoms with Gasteiger partial charge in [0.25, 0.3) is 0 Å². The van der Waals surface area contributed by atoms with Crippen LogP contribution >= 0.6 is 0 Å². The second kappa shape index (κ2) is 6.93. The molecule has 0 atom stereocenters. The molecule has 1 aliphatic rings. The Morgan fingerprint density at radius 1 is 0.950 bits per heavy atom. The van der Waals surface area contributed by atoms with Gasteiger partial charge in [0.1, 0.15) is 0 Å². The summed E-state index contributed by atoms with van der Waals surface area (Å²) in [5, 5.41) is 7.67. The van der Waals surface area contributed by atoms with Crippen LogP contribution in [0.1, 0.15) is 38.2 Å². The van der Waals surface area contributed by atoms with Gasteiger partial charge >= 0.3 is 0 Å². The molecule has 0 unspecified atom stereocenters. The minimum Gasteiger partial charge on any atom is -0.372 e. The topological polar surface area (TPSA) is 80.0 Å². The van der Waals surface area contributed by atoms with Crippen LogP contribution in [0.4, 0.5) is 5.69 Å². The average molecular weight is 273 g/mol. The fourth-order valence-electron chi connectivity index (χ4n) is 2.43. The van der Waals surface area contributed by atoms with Crippen molar-refractivity contribution in [3.05, 3.63) is 29.8 Å². The molecule has 0 aliphatic carbocycles. The third kappa shape index (κ3) is 3.98. The van der Waals surface area contributed by atoms with Gasteiger partial charge in [-0.1, -0.05) is 25.0 Å². The van der Waals surface area contributed by atoms with Crippen molar-refractivity contribution in [2.45, 2.75) is 32.6 Å². The number of rotatable bonds is 3. The van der Waals surface area contributed by atoms with E-state index >= 15 is 0 Å². The first kappa shape index (κ1) is 14.4. The molecule has 5 heteroatoms. The van der Waals surface area contributed by atoms with Crippen LogP contribution in [-0.2, 0) is 0 Å². The van der Waals surface area contributed by atoms with Crippen molar-refractivity contribution in [1.82, 2.24) is 0 Å². The third-order valence-electron chi connectivity index (χ3n) is 3.57. The lowest BCUT2D eigenvalue weighted by atomic mass is 10.1. The molecule has 1 aromatic rings. The van der Waals surface area contributed by atoms with Crippen molar-refractivity contribution in [2.75, 3.05) is 18.0 Å². The molecule has 1 saturated heterocycles. The lowest BCUT2D eigenvalue weighted by molar-refractivity contribution is 0.726. The molecule has 0 aromatic heterocycles. The van der Waals surface area contributed by atoms with Crippen molar-refractivity contribution in [3.63, 3.8) is 0 Å². The number of guanidine groups is 1. The minimum absolute atomic E-state index is 0.0227. The third-order valence-corrected chi connectivity index (χ3v) is 3.57. The van der Waals surface area contributed by atoms with E-state index in [2.05, 4.69) is 39.4 Å². The van der Waals surface area contributed by atoms with Crippen LogP contribution in [0.2, 0.25) is 0 Å². The molecule has 1 fully saturated rings. The Labute approximate surface area is 120 Å². The summed E-state index contributed by atoms with van der Waals surface area (Å²) in [7, 11) is 0. The summed E-state index contributed by atoms with van der Waals surface area (Å²) in [5.41, 5.74) is 13.7. The highest BCUT2D eigenvalue weighted by molar-refractivity contribution is 5.99. The summed E-state index contributed by atoms with van der Waals surface area (Å²) < 4.78 is 0. The van der Waals surface area contributed by atoms with Gasteiger partial charge in [-0.25, -0.2) is 0 Å². The van der Waals surface area contributed by atoms with Gasteiger partial charge < -0.3 is 16.4 Å². The molecule has 2 rings (SSSR count).